The molecule has 0 unspecified atom stereocenters. The van der Waals surface area contributed by atoms with Crippen LogP contribution in [0.4, 0.5) is 0 Å². The lowest BCUT2D eigenvalue weighted by atomic mass is 10.0. The quantitative estimate of drug-likeness (QED) is 0.0470. The highest BCUT2D eigenvalue weighted by Crippen LogP contribution is 2.16. The highest BCUT2D eigenvalue weighted by atomic mass is 16.3. The third kappa shape index (κ3) is 34.3. The number of unbranched alkanes of at least 4 members (excludes halogenated alkanes) is 28. The third-order valence-electron chi connectivity index (χ3n) is 9.53. The largest absolute Gasteiger partial charge is 0.394 e. The van der Waals surface area contributed by atoms with E-state index < -0.39 is 12.1 Å². The molecule has 1 amide bonds. The van der Waals surface area contributed by atoms with Gasteiger partial charge in [-0.15, -0.1) is 0 Å². The van der Waals surface area contributed by atoms with E-state index in [1.54, 1.807) is 0 Å². The molecule has 0 bridgehead atoms. The molecule has 0 aromatic heterocycles. The molecule has 0 aliphatic heterocycles. The van der Waals surface area contributed by atoms with Gasteiger partial charge in [0.05, 0.1) is 18.8 Å². The van der Waals surface area contributed by atoms with Gasteiger partial charge in [-0.25, -0.2) is 0 Å². The number of nitrogens with one attached hydrogen (secondary N) is 1. The van der Waals surface area contributed by atoms with Crippen molar-refractivity contribution < 1.29 is 15.0 Å². The van der Waals surface area contributed by atoms with Crippen LogP contribution in [0, 0.1) is 0 Å². The average Bonchev–Trinajstić information content (AvgIpc) is 3.04. The topological polar surface area (TPSA) is 69.6 Å². The zero-order chi connectivity index (χ0) is 32.9. The number of carbonyl (C=O) groups excluding carboxylic acids is 1. The van der Waals surface area contributed by atoms with Gasteiger partial charge in [0.2, 0.25) is 5.91 Å². The molecule has 4 nitrogen and oxygen atoms in total. The SMILES string of the molecule is CCCCCCCC/C=C/CCCC[C@@H](O)[C@H](CO)NC(=O)CCCCCCCCCCCCCCCCCCCCCCC. The summed E-state index contributed by atoms with van der Waals surface area (Å²) in [5.74, 6) is -0.0384. The van der Waals surface area contributed by atoms with E-state index in [0.29, 0.717) is 12.8 Å². The minimum atomic E-state index is -0.675. The van der Waals surface area contributed by atoms with E-state index in [1.165, 1.54) is 167 Å². The standard InChI is InChI=1S/C41H81NO3/c1-3-5-7-9-11-13-15-17-18-19-20-21-22-23-24-25-27-29-31-33-35-37-41(45)42-39(38-43)40(44)36-34-32-30-28-26-16-14-12-10-8-6-4-2/h26,28,39-40,43-44H,3-25,27,29-38H2,1-2H3,(H,42,45)/b28-26+/t39-,40+/m0/s1. The number of rotatable bonds is 37. The number of hydrogen-bond acceptors (Lipinski definition) is 3. The first-order valence-corrected chi connectivity index (χ1v) is 20.4. The van der Waals surface area contributed by atoms with Crippen molar-refractivity contribution in [1.82, 2.24) is 5.32 Å². The van der Waals surface area contributed by atoms with Crippen molar-refractivity contribution in [2.75, 3.05) is 6.61 Å². The Morgan fingerprint density at radius 1 is 0.511 bits per heavy atom. The number of hydrogen-bond donors (Lipinski definition) is 3. The molecule has 3 N–H and O–H groups in total. The predicted octanol–water partition coefficient (Wildman–Crippen LogP) is 12.3. The minimum Gasteiger partial charge on any atom is -0.394 e. The fraction of sp³-hybridized carbons (Fsp3) is 0.927. The van der Waals surface area contributed by atoms with Gasteiger partial charge < -0.3 is 15.5 Å². The van der Waals surface area contributed by atoms with Crippen molar-refractivity contribution >= 4 is 5.91 Å². The van der Waals surface area contributed by atoms with Crippen LogP contribution in [-0.4, -0.2) is 34.9 Å². The van der Waals surface area contributed by atoms with Gasteiger partial charge in [0.1, 0.15) is 0 Å². The lowest BCUT2D eigenvalue weighted by Gasteiger charge is -2.22. The van der Waals surface area contributed by atoms with Gasteiger partial charge >= 0.3 is 0 Å². The Morgan fingerprint density at radius 3 is 1.22 bits per heavy atom. The van der Waals surface area contributed by atoms with Crippen LogP contribution in [0.3, 0.4) is 0 Å². The summed E-state index contributed by atoms with van der Waals surface area (Å²) >= 11 is 0. The van der Waals surface area contributed by atoms with E-state index in [2.05, 4.69) is 31.3 Å². The second kappa shape index (κ2) is 37.6. The molecule has 0 radical (unpaired) electrons. The molecule has 0 aliphatic rings. The molecule has 268 valence electrons. The Morgan fingerprint density at radius 2 is 0.844 bits per heavy atom. The summed E-state index contributed by atoms with van der Waals surface area (Å²) in [6.45, 7) is 4.34. The summed E-state index contributed by atoms with van der Waals surface area (Å²) in [5.41, 5.74) is 0. The summed E-state index contributed by atoms with van der Waals surface area (Å²) in [5, 5.41) is 23.0. The van der Waals surface area contributed by atoms with Gasteiger partial charge in [-0.2, -0.15) is 0 Å². The zero-order valence-corrected chi connectivity index (χ0v) is 30.7. The minimum absolute atomic E-state index is 0.0384. The molecule has 0 saturated heterocycles. The van der Waals surface area contributed by atoms with E-state index in [0.717, 1.165) is 32.1 Å². The van der Waals surface area contributed by atoms with Crippen molar-refractivity contribution in [3.8, 4) is 0 Å². The van der Waals surface area contributed by atoms with Crippen LogP contribution in [0.2, 0.25) is 0 Å². The van der Waals surface area contributed by atoms with Crippen LogP contribution in [0.15, 0.2) is 12.2 Å². The van der Waals surface area contributed by atoms with E-state index in [1.807, 2.05) is 0 Å². The first-order chi connectivity index (χ1) is 22.2. The van der Waals surface area contributed by atoms with E-state index in [4.69, 9.17) is 0 Å². The van der Waals surface area contributed by atoms with Gasteiger partial charge in [0.25, 0.3) is 0 Å². The Kier molecular flexibility index (Phi) is 36.9. The van der Waals surface area contributed by atoms with Crippen molar-refractivity contribution in [3.63, 3.8) is 0 Å². The van der Waals surface area contributed by atoms with Crippen LogP contribution in [-0.2, 0) is 4.79 Å². The Balaban J connectivity index is 3.49. The van der Waals surface area contributed by atoms with Gasteiger partial charge in [0.15, 0.2) is 0 Å². The summed E-state index contributed by atoms with van der Waals surface area (Å²) in [6.07, 6.45) is 45.7. The molecule has 0 heterocycles. The normalized spacial score (nSPS) is 13.1. The summed E-state index contributed by atoms with van der Waals surface area (Å²) < 4.78 is 0. The van der Waals surface area contributed by atoms with Crippen LogP contribution in [0.25, 0.3) is 0 Å². The van der Waals surface area contributed by atoms with Crippen molar-refractivity contribution in [1.29, 1.82) is 0 Å². The van der Waals surface area contributed by atoms with E-state index in [-0.39, 0.29) is 12.5 Å². The highest BCUT2D eigenvalue weighted by molar-refractivity contribution is 5.76. The first kappa shape index (κ1) is 44.1. The maximum atomic E-state index is 12.4. The van der Waals surface area contributed by atoms with Crippen LogP contribution in [0.5, 0.6) is 0 Å². The number of allylic oxidation sites excluding steroid dienone is 2. The number of amides is 1. The molecule has 0 rings (SSSR count). The monoisotopic (exact) mass is 636 g/mol. The van der Waals surface area contributed by atoms with Crippen molar-refractivity contribution in [3.05, 3.63) is 12.2 Å². The number of aliphatic hydroxyl groups is 2. The molecule has 0 fully saturated rings. The molecule has 0 aliphatic carbocycles. The van der Waals surface area contributed by atoms with E-state index in [9.17, 15) is 15.0 Å². The number of aliphatic hydroxyl groups excluding tert-OH is 2. The Labute approximate surface area is 282 Å². The molecule has 0 spiro atoms. The first-order valence-electron chi connectivity index (χ1n) is 20.4. The van der Waals surface area contributed by atoms with Crippen molar-refractivity contribution in [2.24, 2.45) is 0 Å². The second-order valence-electron chi connectivity index (χ2n) is 14.1. The second-order valence-corrected chi connectivity index (χ2v) is 14.1. The van der Waals surface area contributed by atoms with Gasteiger partial charge in [-0.1, -0.05) is 193 Å². The van der Waals surface area contributed by atoms with Gasteiger partial charge in [0, 0.05) is 6.42 Å². The lowest BCUT2D eigenvalue weighted by molar-refractivity contribution is -0.123. The fourth-order valence-electron chi connectivity index (χ4n) is 6.36. The Hall–Kier alpha value is -0.870. The highest BCUT2D eigenvalue weighted by Gasteiger charge is 2.19. The molecule has 45 heavy (non-hydrogen) atoms. The van der Waals surface area contributed by atoms with Crippen LogP contribution in [0.1, 0.15) is 226 Å². The lowest BCUT2D eigenvalue weighted by Crippen LogP contribution is -2.45. The molecule has 4 heteroatoms. The molecule has 0 aromatic carbocycles. The van der Waals surface area contributed by atoms with Gasteiger partial charge in [-0.3, -0.25) is 4.79 Å². The van der Waals surface area contributed by atoms with Crippen molar-refractivity contribution in [2.45, 2.75) is 238 Å². The van der Waals surface area contributed by atoms with Crippen LogP contribution >= 0.6 is 0 Å². The Bertz CT molecular complexity index is 608. The van der Waals surface area contributed by atoms with E-state index >= 15 is 0 Å². The third-order valence-corrected chi connectivity index (χ3v) is 9.53. The molecule has 2 atom stereocenters. The van der Waals surface area contributed by atoms with Crippen LogP contribution < -0.4 is 5.32 Å². The van der Waals surface area contributed by atoms with Gasteiger partial charge in [-0.05, 0) is 38.5 Å². The molecular formula is C41H81NO3. The summed E-state index contributed by atoms with van der Waals surface area (Å²) in [6, 6.07) is -0.546. The maximum Gasteiger partial charge on any atom is 0.220 e. The zero-order valence-electron chi connectivity index (χ0n) is 30.7. The molecular weight excluding hydrogens is 554 g/mol. The summed E-state index contributed by atoms with van der Waals surface area (Å²) in [4.78, 5) is 12.4. The smallest absolute Gasteiger partial charge is 0.220 e. The molecule has 0 saturated carbocycles. The fourth-order valence-corrected chi connectivity index (χ4v) is 6.36. The number of carbonyl (C=O) groups is 1. The maximum absolute atomic E-state index is 12.4. The molecule has 0 aromatic rings. The predicted molar refractivity (Wildman–Crippen MR) is 198 cm³/mol. The average molecular weight is 636 g/mol. The summed E-state index contributed by atoms with van der Waals surface area (Å²) in [7, 11) is 0.